The van der Waals surface area contributed by atoms with E-state index in [-0.39, 0.29) is 11.7 Å². The van der Waals surface area contributed by atoms with Crippen LogP contribution in [0.25, 0.3) is 0 Å². The van der Waals surface area contributed by atoms with E-state index in [1.807, 2.05) is 13.0 Å². The quantitative estimate of drug-likeness (QED) is 0.804. The summed E-state index contributed by atoms with van der Waals surface area (Å²) in [4.78, 5) is 25.9. The first-order chi connectivity index (χ1) is 8.40. The van der Waals surface area contributed by atoms with Crippen LogP contribution in [-0.4, -0.2) is 33.8 Å². The van der Waals surface area contributed by atoms with Crippen molar-refractivity contribution >= 4 is 39.6 Å². The molecule has 1 aromatic heterocycles. The Bertz CT molecular complexity index is 468. The van der Waals surface area contributed by atoms with Gasteiger partial charge in [0.25, 0.3) is 0 Å². The zero-order valence-electron chi connectivity index (χ0n) is 9.94. The van der Waals surface area contributed by atoms with Gasteiger partial charge in [-0.3, -0.25) is 4.79 Å². The van der Waals surface area contributed by atoms with Gasteiger partial charge in [-0.2, -0.15) is 0 Å². The van der Waals surface area contributed by atoms with E-state index < -0.39 is 12.0 Å². The van der Waals surface area contributed by atoms with Crippen molar-refractivity contribution in [1.82, 2.24) is 10.3 Å². The van der Waals surface area contributed by atoms with Crippen LogP contribution in [0.3, 0.4) is 0 Å². The van der Waals surface area contributed by atoms with Crippen LogP contribution >= 0.6 is 27.7 Å². The highest BCUT2D eigenvalue weighted by Gasteiger charge is 2.18. The van der Waals surface area contributed by atoms with Crippen LogP contribution in [0.1, 0.15) is 12.5 Å². The Labute approximate surface area is 117 Å². The molecule has 98 valence electrons. The van der Waals surface area contributed by atoms with E-state index in [1.54, 1.807) is 6.20 Å². The van der Waals surface area contributed by atoms with Crippen molar-refractivity contribution in [2.75, 3.05) is 5.75 Å². The number of carbonyl (C=O) groups is 2. The number of halogens is 1. The normalized spacial score (nSPS) is 11.9. The van der Waals surface area contributed by atoms with Gasteiger partial charge in [0.05, 0.1) is 5.03 Å². The molecule has 0 saturated heterocycles. The number of nitrogens with one attached hydrogen (secondary N) is 1. The number of aromatic nitrogens is 1. The first-order valence-corrected chi connectivity index (χ1v) is 6.93. The van der Waals surface area contributed by atoms with Crippen molar-refractivity contribution in [2.24, 2.45) is 0 Å². The Morgan fingerprint density at radius 1 is 1.61 bits per heavy atom. The number of pyridine rings is 1. The Morgan fingerprint density at radius 3 is 2.78 bits per heavy atom. The summed E-state index contributed by atoms with van der Waals surface area (Å²) >= 11 is 4.64. The Hall–Kier alpha value is -1.08. The van der Waals surface area contributed by atoms with Crippen LogP contribution in [0, 0.1) is 6.92 Å². The van der Waals surface area contributed by atoms with Gasteiger partial charge in [-0.05, 0) is 34.5 Å². The minimum Gasteiger partial charge on any atom is -0.480 e. The van der Waals surface area contributed by atoms with E-state index >= 15 is 0 Å². The van der Waals surface area contributed by atoms with Crippen LogP contribution in [0.15, 0.2) is 21.8 Å². The van der Waals surface area contributed by atoms with Crippen molar-refractivity contribution in [1.29, 1.82) is 0 Å². The summed E-state index contributed by atoms with van der Waals surface area (Å²) in [5.74, 6) is -1.17. The molecular weight excluding hydrogens is 320 g/mol. The Kier molecular flexibility index (Phi) is 5.61. The molecule has 0 fully saturated rings. The SMILES string of the molecule is CC(=O)N[C@@H](CSc1cc(C)c(Br)cn1)C(=O)O. The van der Waals surface area contributed by atoms with Crippen molar-refractivity contribution in [3.05, 3.63) is 22.3 Å². The molecular formula is C11H13BrN2O3S. The van der Waals surface area contributed by atoms with Crippen molar-refractivity contribution < 1.29 is 14.7 Å². The smallest absolute Gasteiger partial charge is 0.327 e. The molecule has 0 aliphatic carbocycles. The highest BCUT2D eigenvalue weighted by Crippen LogP contribution is 2.22. The average Bonchev–Trinajstić information content (AvgIpc) is 2.28. The number of nitrogens with zero attached hydrogens (tertiary/aromatic N) is 1. The fraction of sp³-hybridized carbons (Fsp3) is 0.364. The first-order valence-electron chi connectivity index (χ1n) is 5.15. The maximum atomic E-state index is 10.9. The Morgan fingerprint density at radius 2 is 2.28 bits per heavy atom. The van der Waals surface area contributed by atoms with Gasteiger partial charge >= 0.3 is 5.97 Å². The summed E-state index contributed by atoms with van der Waals surface area (Å²) in [5.41, 5.74) is 1.03. The standard InChI is InChI=1S/C11H13BrN2O3S/c1-6-3-10(13-4-8(6)12)18-5-9(11(16)17)14-7(2)15/h3-4,9H,5H2,1-2H3,(H,14,15)(H,16,17)/t9-/m0/s1. The maximum absolute atomic E-state index is 10.9. The molecule has 1 rings (SSSR count). The van der Waals surface area contributed by atoms with E-state index in [0.717, 1.165) is 15.1 Å². The molecule has 1 atom stereocenters. The van der Waals surface area contributed by atoms with E-state index in [9.17, 15) is 9.59 Å². The molecule has 0 saturated carbocycles. The topological polar surface area (TPSA) is 79.3 Å². The molecule has 1 aromatic rings. The van der Waals surface area contributed by atoms with Crippen LogP contribution in [-0.2, 0) is 9.59 Å². The summed E-state index contributed by atoms with van der Waals surface area (Å²) in [6.07, 6.45) is 1.67. The van der Waals surface area contributed by atoms with Crippen LogP contribution in [0.5, 0.6) is 0 Å². The third kappa shape index (κ3) is 4.66. The molecule has 0 aliphatic rings. The highest BCUT2D eigenvalue weighted by atomic mass is 79.9. The van der Waals surface area contributed by atoms with Crippen LogP contribution in [0.4, 0.5) is 0 Å². The minimum atomic E-state index is -1.05. The molecule has 18 heavy (non-hydrogen) atoms. The number of aryl methyl sites for hydroxylation is 1. The van der Waals surface area contributed by atoms with Crippen molar-refractivity contribution in [3.63, 3.8) is 0 Å². The number of thioether (sulfide) groups is 1. The molecule has 0 unspecified atom stereocenters. The zero-order chi connectivity index (χ0) is 13.7. The fourth-order valence-electron chi connectivity index (χ4n) is 1.18. The predicted octanol–water partition coefficient (Wildman–Crippen LogP) is 1.83. The number of amides is 1. The lowest BCUT2D eigenvalue weighted by Crippen LogP contribution is -2.41. The van der Waals surface area contributed by atoms with Crippen LogP contribution in [0.2, 0.25) is 0 Å². The van der Waals surface area contributed by atoms with Crippen molar-refractivity contribution in [2.45, 2.75) is 24.9 Å². The molecule has 0 aromatic carbocycles. The second kappa shape index (κ2) is 6.75. The van der Waals surface area contributed by atoms with Crippen molar-refractivity contribution in [3.8, 4) is 0 Å². The largest absolute Gasteiger partial charge is 0.480 e. The molecule has 0 spiro atoms. The third-order valence-corrected chi connectivity index (χ3v) is 3.94. The number of carboxylic acids is 1. The monoisotopic (exact) mass is 332 g/mol. The predicted molar refractivity (Wildman–Crippen MR) is 72.6 cm³/mol. The van der Waals surface area contributed by atoms with Gasteiger partial charge in [-0.1, -0.05) is 0 Å². The molecule has 1 heterocycles. The Balaban J connectivity index is 2.64. The maximum Gasteiger partial charge on any atom is 0.327 e. The number of carbonyl (C=O) groups excluding carboxylic acids is 1. The summed E-state index contributed by atoms with van der Waals surface area (Å²) in [5, 5.41) is 12.1. The van der Waals surface area contributed by atoms with Gasteiger partial charge < -0.3 is 10.4 Å². The number of hydrogen-bond acceptors (Lipinski definition) is 4. The number of carboxylic acid groups (broad SMARTS) is 1. The summed E-state index contributed by atoms with van der Waals surface area (Å²) in [7, 11) is 0. The van der Waals surface area contributed by atoms with Gasteiger partial charge in [0, 0.05) is 23.3 Å². The average molecular weight is 333 g/mol. The highest BCUT2D eigenvalue weighted by molar-refractivity contribution is 9.10. The number of hydrogen-bond donors (Lipinski definition) is 2. The molecule has 7 heteroatoms. The summed E-state index contributed by atoms with van der Waals surface area (Å²) in [6, 6.07) is 0.958. The summed E-state index contributed by atoms with van der Waals surface area (Å²) in [6.45, 7) is 3.22. The van der Waals surface area contributed by atoms with E-state index in [2.05, 4.69) is 26.2 Å². The van der Waals surface area contributed by atoms with Gasteiger partial charge in [0.2, 0.25) is 5.91 Å². The lowest BCUT2D eigenvalue weighted by Gasteiger charge is -2.12. The number of aliphatic carboxylic acids is 1. The van der Waals surface area contributed by atoms with E-state index in [0.29, 0.717) is 0 Å². The van der Waals surface area contributed by atoms with E-state index in [4.69, 9.17) is 5.11 Å². The van der Waals surface area contributed by atoms with Gasteiger partial charge in [-0.15, -0.1) is 11.8 Å². The first kappa shape index (κ1) is 15.0. The molecule has 0 radical (unpaired) electrons. The van der Waals surface area contributed by atoms with Gasteiger partial charge in [-0.25, -0.2) is 9.78 Å². The molecule has 5 nitrogen and oxygen atoms in total. The fourth-order valence-corrected chi connectivity index (χ4v) is 2.35. The van der Waals surface area contributed by atoms with Gasteiger partial charge in [0.1, 0.15) is 6.04 Å². The molecule has 0 aliphatic heterocycles. The number of rotatable bonds is 5. The van der Waals surface area contributed by atoms with Crippen LogP contribution < -0.4 is 5.32 Å². The lowest BCUT2D eigenvalue weighted by atomic mass is 10.3. The van der Waals surface area contributed by atoms with E-state index in [1.165, 1.54) is 18.7 Å². The molecule has 0 bridgehead atoms. The minimum absolute atomic E-state index is 0.239. The third-order valence-electron chi connectivity index (χ3n) is 2.10. The summed E-state index contributed by atoms with van der Waals surface area (Å²) < 4.78 is 0.906. The zero-order valence-corrected chi connectivity index (χ0v) is 12.3. The lowest BCUT2D eigenvalue weighted by molar-refractivity contribution is -0.140. The molecule has 1 amide bonds. The second-order valence-electron chi connectivity index (χ2n) is 3.67. The molecule has 2 N–H and O–H groups in total. The second-order valence-corrected chi connectivity index (χ2v) is 5.57. The van der Waals surface area contributed by atoms with Gasteiger partial charge in [0.15, 0.2) is 0 Å².